The second-order valence-corrected chi connectivity index (χ2v) is 6.56. The summed E-state index contributed by atoms with van der Waals surface area (Å²) < 4.78 is 0. The molecule has 0 aromatic rings. The van der Waals surface area contributed by atoms with E-state index in [0.29, 0.717) is 23.8 Å². The van der Waals surface area contributed by atoms with Crippen molar-refractivity contribution in [1.82, 2.24) is 10.2 Å². The molecule has 0 aromatic carbocycles. The lowest BCUT2D eigenvalue weighted by Crippen LogP contribution is -2.49. The van der Waals surface area contributed by atoms with E-state index in [2.05, 4.69) is 17.1 Å². The van der Waals surface area contributed by atoms with Crippen LogP contribution >= 0.6 is 0 Å². The first kappa shape index (κ1) is 14.8. The molecule has 0 spiro atoms. The number of piperidine rings is 1. The van der Waals surface area contributed by atoms with E-state index in [1.54, 1.807) is 0 Å². The van der Waals surface area contributed by atoms with E-state index in [9.17, 15) is 4.79 Å². The average molecular weight is 266 g/mol. The zero-order valence-corrected chi connectivity index (χ0v) is 12.7. The van der Waals surface area contributed by atoms with Gasteiger partial charge in [0, 0.05) is 25.6 Å². The Balaban J connectivity index is 1.79. The third-order valence-electron chi connectivity index (χ3n) is 5.07. The van der Waals surface area contributed by atoms with Crippen LogP contribution in [-0.4, -0.2) is 37.0 Å². The molecule has 0 radical (unpaired) electrons. The Bertz CT molecular complexity index is 284. The summed E-state index contributed by atoms with van der Waals surface area (Å²) in [5, 5.41) is 3.36. The van der Waals surface area contributed by atoms with Crippen molar-refractivity contribution in [3.8, 4) is 0 Å². The maximum atomic E-state index is 12.4. The quantitative estimate of drug-likeness (QED) is 0.797. The molecule has 2 aliphatic rings. The molecule has 3 heteroatoms. The second-order valence-electron chi connectivity index (χ2n) is 6.56. The highest BCUT2D eigenvalue weighted by atomic mass is 16.2. The van der Waals surface area contributed by atoms with Gasteiger partial charge in [-0.1, -0.05) is 32.6 Å². The minimum absolute atomic E-state index is 0.410. The van der Waals surface area contributed by atoms with Crippen LogP contribution in [0.2, 0.25) is 0 Å². The molecule has 2 rings (SSSR count). The van der Waals surface area contributed by atoms with E-state index >= 15 is 0 Å². The monoisotopic (exact) mass is 266 g/mol. The zero-order valence-electron chi connectivity index (χ0n) is 12.7. The molecule has 1 heterocycles. The molecule has 2 unspecified atom stereocenters. The van der Waals surface area contributed by atoms with Gasteiger partial charge in [0.2, 0.25) is 5.91 Å². The van der Waals surface area contributed by atoms with Crippen LogP contribution in [0.5, 0.6) is 0 Å². The van der Waals surface area contributed by atoms with Gasteiger partial charge in [0.15, 0.2) is 0 Å². The molecule has 110 valence electrons. The lowest BCUT2D eigenvalue weighted by atomic mass is 9.92. The Kier molecular flexibility index (Phi) is 5.68. The molecule has 1 aliphatic carbocycles. The minimum Gasteiger partial charge on any atom is -0.342 e. The summed E-state index contributed by atoms with van der Waals surface area (Å²) in [6.45, 7) is 4.14. The van der Waals surface area contributed by atoms with Crippen molar-refractivity contribution in [3.05, 3.63) is 0 Å². The molecule has 0 aromatic heterocycles. The largest absolute Gasteiger partial charge is 0.342 e. The summed E-state index contributed by atoms with van der Waals surface area (Å²) in [5.74, 6) is 1.65. The summed E-state index contributed by atoms with van der Waals surface area (Å²) in [6, 6.07) is 0.585. The summed E-state index contributed by atoms with van der Waals surface area (Å²) >= 11 is 0. The average Bonchev–Trinajstić information content (AvgIpc) is 2.67. The standard InChI is InChI=1S/C16H30N2O/c1-13-12-18(10-9-15(13)17-2)16(19)11-14-7-5-3-4-6-8-14/h13-15,17H,3-12H2,1-2H3. The first-order chi connectivity index (χ1) is 9.20. The van der Waals surface area contributed by atoms with Gasteiger partial charge in [0.25, 0.3) is 0 Å². The Labute approximate surface area is 118 Å². The van der Waals surface area contributed by atoms with Crippen molar-refractivity contribution in [3.63, 3.8) is 0 Å². The first-order valence-corrected chi connectivity index (χ1v) is 8.15. The van der Waals surface area contributed by atoms with E-state index in [0.717, 1.165) is 25.9 Å². The molecule has 0 bridgehead atoms. The molecular weight excluding hydrogens is 236 g/mol. The van der Waals surface area contributed by atoms with Gasteiger partial charge in [0.1, 0.15) is 0 Å². The van der Waals surface area contributed by atoms with E-state index in [1.807, 2.05) is 7.05 Å². The highest BCUT2D eigenvalue weighted by molar-refractivity contribution is 5.76. The van der Waals surface area contributed by atoms with Gasteiger partial charge < -0.3 is 10.2 Å². The van der Waals surface area contributed by atoms with Gasteiger partial charge in [-0.3, -0.25) is 4.79 Å². The lowest BCUT2D eigenvalue weighted by Gasteiger charge is -2.37. The number of nitrogens with one attached hydrogen (secondary N) is 1. The molecule has 1 N–H and O–H groups in total. The number of likely N-dealkylation sites (tertiary alicyclic amines) is 1. The summed E-state index contributed by atoms with van der Waals surface area (Å²) in [6.07, 6.45) is 9.85. The van der Waals surface area contributed by atoms with Gasteiger partial charge in [-0.2, -0.15) is 0 Å². The number of hydrogen-bond donors (Lipinski definition) is 1. The van der Waals surface area contributed by atoms with Gasteiger partial charge in [-0.15, -0.1) is 0 Å². The summed E-state index contributed by atoms with van der Waals surface area (Å²) in [5.41, 5.74) is 0. The van der Waals surface area contributed by atoms with Crippen LogP contribution in [0.15, 0.2) is 0 Å². The molecule has 1 saturated carbocycles. The molecule has 1 aliphatic heterocycles. The Morgan fingerprint density at radius 2 is 1.84 bits per heavy atom. The van der Waals surface area contributed by atoms with Crippen molar-refractivity contribution in [2.45, 2.75) is 64.3 Å². The fourth-order valence-corrected chi connectivity index (χ4v) is 3.75. The van der Waals surface area contributed by atoms with Crippen molar-refractivity contribution >= 4 is 5.91 Å². The summed E-state index contributed by atoms with van der Waals surface area (Å²) in [7, 11) is 2.03. The van der Waals surface area contributed by atoms with E-state index in [1.165, 1.54) is 38.5 Å². The van der Waals surface area contributed by atoms with Gasteiger partial charge in [0.05, 0.1) is 0 Å². The number of carbonyl (C=O) groups is 1. The van der Waals surface area contributed by atoms with Crippen LogP contribution in [0.1, 0.15) is 58.3 Å². The highest BCUT2D eigenvalue weighted by Gasteiger charge is 2.28. The Morgan fingerprint density at radius 3 is 2.42 bits per heavy atom. The van der Waals surface area contributed by atoms with Crippen LogP contribution in [0.3, 0.4) is 0 Å². The van der Waals surface area contributed by atoms with Crippen LogP contribution in [0, 0.1) is 11.8 Å². The zero-order chi connectivity index (χ0) is 13.7. The van der Waals surface area contributed by atoms with Crippen LogP contribution < -0.4 is 5.32 Å². The topological polar surface area (TPSA) is 32.3 Å². The minimum atomic E-state index is 0.410. The molecule has 2 fully saturated rings. The van der Waals surface area contributed by atoms with Crippen LogP contribution in [0.4, 0.5) is 0 Å². The SMILES string of the molecule is CNC1CCN(C(=O)CC2CCCCCC2)CC1C. The lowest BCUT2D eigenvalue weighted by molar-refractivity contribution is -0.134. The molecule has 19 heavy (non-hydrogen) atoms. The third kappa shape index (κ3) is 4.20. The number of hydrogen-bond acceptors (Lipinski definition) is 2. The number of amides is 1. The van der Waals surface area contributed by atoms with Crippen LogP contribution in [0.25, 0.3) is 0 Å². The highest BCUT2D eigenvalue weighted by Crippen LogP contribution is 2.27. The molecule has 1 amide bonds. The van der Waals surface area contributed by atoms with Crippen molar-refractivity contribution in [2.75, 3.05) is 20.1 Å². The normalized spacial score (nSPS) is 30.1. The van der Waals surface area contributed by atoms with Gasteiger partial charge in [-0.05, 0) is 38.1 Å². The van der Waals surface area contributed by atoms with E-state index < -0.39 is 0 Å². The molecule has 1 saturated heterocycles. The summed E-state index contributed by atoms with van der Waals surface area (Å²) in [4.78, 5) is 14.5. The number of nitrogens with zero attached hydrogens (tertiary/aromatic N) is 1. The Hall–Kier alpha value is -0.570. The maximum absolute atomic E-state index is 12.4. The van der Waals surface area contributed by atoms with E-state index in [-0.39, 0.29) is 0 Å². The van der Waals surface area contributed by atoms with Gasteiger partial charge >= 0.3 is 0 Å². The second kappa shape index (κ2) is 7.28. The van der Waals surface area contributed by atoms with Gasteiger partial charge in [-0.25, -0.2) is 0 Å². The van der Waals surface area contributed by atoms with Crippen molar-refractivity contribution in [1.29, 1.82) is 0 Å². The predicted octanol–water partition coefficient (Wildman–Crippen LogP) is 2.80. The Morgan fingerprint density at radius 1 is 1.16 bits per heavy atom. The number of carbonyl (C=O) groups excluding carboxylic acids is 1. The molecular formula is C16H30N2O. The first-order valence-electron chi connectivity index (χ1n) is 8.15. The van der Waals surface area contributed by atoms with Crippen molar-refractivity contribution < 1.29 is 4.79 Å². The fraction of sp³-hybridized carbons (Fsp3) is 0.938. The smallest absolute Gasteiger partial charge is 0.222 e. The van der Waals surface area contributed by atoms with Crippen LogP contribution in [-0.2, 0) is 4.79 Å². The third-order valence-corrected chi connectivity index (χ3v) is 5.07. The predicted molar refractivity (Wildman–Crippen MR) is 79.0 cm³/mol. The van der Waals surface area contributed by atoms with E-state index in [4.69, 9.17) is 0 Å². The molecule has 3 nitrogen and oxygen atoms in total. The molecule has 2 atom stereocenters. The van der Waals surface area contributed by atoms with Crippen molar-refractivity contribution in [2.24, 2.45) is 11.8 Å². The fourth-order valence-electron chi connectivity index (χ4n) is 3.75. The maximum Gasteiger partial charge on any atom is 0.222 e. The number of rotatable bonds is 3.